The molecule has 7 heteroatoms. The van der Waals surface area contributed by atoms with Gasteiger partial charge in [-0.25, -0.2) is 4.79 Å². The predicted molar refractivity (Wildman–Crippen MR) is 148 cm³/mol. The molecule has 2 fully saturated rings. The summed E-state index contributed by atoms with van der Waals surface area (Å²) in [6.45, 7) is 15.3. The van der Waals surface area contributed by atoms with Crippen LogP contribution in [0.3, 0.4) is 0 Å². The fourth-order valence-electron chi connectivity index (χ4n) is 5.97. The minimum Gasteiger partial charge on any atom is -0.461 e. The topological polar surface area (TPSA) is 95.9 Å². The molecule has 210 valence electrons. The largest absolute Gasteiger partial charge is 0.461 e. The van der Waals surface area contributed by atoms with Crippen LogP contribution in [0, 0.1) is 16.7 Å². The van der Waals surface area contributed by atoms with Crippen LogP contribution in [-0.2, 0) is 25.5 Å². The van der Waals surface area contributed by atoms with Crippen molar-refractivity contribution in [3.8, 4) is 0 Å². The van der Waals surface area contributed by atoms with Gasteiger partial charge in [-0.05, 0) is 67.8 Å². The molecule has 1 saturated carbocycles. The third-order valence-corrected chi connectivity index (χ3v) is 9.22. The van der Waals surface area contributed by atoms with Gasteiger partial charge in [0.25, 0.3) is 0 Å². The number of amides is 2. The highest BCUT2D eigenvalue weighted by Gasteiger charge is 2.49. The zero-order valence-electron chi connectivity index (χ0n) is 23.7. The molecule has 2 N–H and O–H groups in total. The monoisotopic (exact) mass is 526 g/mol. The Morgan fingerprint density at radius 1 is 1.18 bits per heavy atom. The van der Waals surface area contributed by atoms with E-state index in [1.807, 2.05) is 37.3 Å². The highest BCUT2D eigenvalue weighted by Crippen LogP contribution is 2.57. The van der Waals surface area contributed by atoms with Gasteiger partial charge in [0.15, 0.2) is 0 Å². The van der Waals surface area contributed by atoms with Crippen molar-refractivity contribution in [3.05, 3.63) is 48.6 Å². The van der Waals surface area contributed by atoms with E-state index in [4.69, 9.17) is 4.74 Å². The highest BCUT2D eigenvalue weighted by molar-refractivity contribution is 5.92. The molecule has 3 rings (SSSR count). The summed E-state index contributed by atoms with van der Waals surface area (Å²) in [5, 5.41) is 13.1. The van der Waals surface area contributed by atoms with E-state index in [2.05, 4.69) is 39.6 Å². The molecule has 1 aromatic rings. The van der Waals surface area contributed by atoms with Crippen molar-refractivity contribution < 1.29 is 24.2 Å². The second-order valence-electron chi connectivity index (χ2n) is 12.3. The number of carbonyl (C=O) groups excluding carboxylic acids is 3. The first-order chi connectivity index (χ1) is 17.9. The van der Waals surface area contributed by atoms with E-state index in [1.54, 1.807) is 6.08 Å². The quantitative estimate of drug-likeness (QED) is 0.329. The third kappa shape index (κ3) is 6.85. The van der Waals surface area contributed by atoms with Gasteiger partial charge in [0, 0.05) is 13.0 Å². The number of aliphatic hydroxyl groups is 1. The molecule has 2 aliphatic rings. The summed E-state index contributed by atoms with van der Waals surface area (Å²) in [5.41, 5.74) is 1.22. The number of esters is 1. The Hall–Kier alpha value is -2.67. The van der Waals surface area contributed by atoms with Crippen LogP contribution in [0.15, 0.2) is 43.0 Å². The Morgan fingerprint density at radius 2 is 1.87 bits per heavy atom. The lowest BCUT2D eigenvalue weighted by atomic mass is 9.66. The van der Waals surface area contributed by atoms with Crippen molar-refractivity contribution in [2.45, 2.75) is 104 Å². The smallest absolute Gasteiger partial charge is 0.329 e. The van der Waals surface area contributed by atoms with Gasteiger partial charge in [-0.15, -0.1) is 6.58 Å². The molecule has 1 saturated heterocycles. The van der Waals surface area contributed by atoms with E-state index in [0.29, 0.717) is 25.3 Å². The number of rotatable bonds is 11. The molecule has 5 unspecified atom stereocenters. The number of benzene rings is 1. The summed E-state index contributed by atoms with van der Waals surface area (Å²) in [6, 6.07) is 7.63. The van der Waals surface area contributed by atoms with Crippen LogP contribution in [0.5, 0.6) is 0 Å². The van der Waals surface area contributed by atoms with Gasteiger partial charge in [-0.3, -0.25) is 9.59 Å². The first kappa shape index (κ1) is 29.9. The number of hydrogen-bond donors (Lipinski definition) is 2. The lowest BCUT2D eigenvalue weighted by Gasteiger charge is -2.40. The van der Waals surface area contributed by atoms with Crippen LogP contribution in [0.1, 0.15) is 78.7 Å². The zero-order valence-corrected chi connectivity index (χ0v) is 23.7. The molecule has 2 amide bonds. The first-order valence-corrected chi connectivity index (χ1v) is 14.0. The standard InChI is InChI=1S/C31H46N2O5/c1-7-12-24(32-27(35)26(34)20-22-13-9-8-10-14-22)28(36)33-18-11-15-25(33)29(37)38-21(2)19-23-16-17-30(3,4)31(23,5)6/h7-10,13-14,21,23-26,34H,1,11-12,15-20H2,2-6H3,(H,32,35). The van der Waals surface area contributed by atoms with Gasteiger partial charge in [0.1, 0.15) is 18.2 Å². The lowest BCUT2D eigenvalue weighted by Crippen LogP contribution is -2.53. The minimum absolute atomic E-state index is 0.146. The van der Waals surface area contributed by atoms with Gasteiger partial charge >= 0.3 is 5.97 Å². The van der Waals surface area contributed by atoms with Gasteiger partial charge < -0.3 is 20.1 Å². The lowest BCUT2D eigenvalue weighted by molar-refractivity contribution is -0.159. The SMILES string of the molecule is C=CCC(NC(=O)C(O)Cc1ccccc1)C(=O)N1CCCC1C(=O)OC(C)CC1CCC(C)(C)C1(C)C. The van der Waals surface area contributed by atoms with E-state index >= 15 is 0 Å². The molecular weight excluding hydrogens is 480 g/mol. The van der Waals surface area contributed by atoms with Crippen LogP contribution in [0.2, 0.25) is 0 Å². The van der Waals surface area contributed by atoms with E-state index in [9.17, 15) is 19.5 Å². The first-order valence-electron chi connectivity index (χ1n) is 14.0. The van der Waals surface area contributed by atoms with Gasteiger partial charge in [-0.2, -0.15) is 0 Å². The maximum Gasteiger partial charge on any atom is 0.329 e. The summed E-state index contributed by atoms with van der Waals surface area (Å²) < 4.78 is 5.88. The average molecular weight is 527 g/mol. The Kier molecular flexibility index (Phi) is 9.80. The van der Waals surface area contributed by atoms with Crippen molar-refractivity contribution >= 4 is 17.8 Å². The Balaban J connectivity index is 1.59. The van der Waals surface area contributed by atoms with E-state index in [1.165, 1.54) is 4.90 Å². The molecule has 0 bridgehead atoms. The summed E-state index contributed by atoms with van der Waals surface area (Å²) in [7, 11) is 0. The van der Waals surface area contributed by atoms with Crippen molar-refractivity contribution in [3.63, 3.8) is 0 Å². The van der Waals surface area contributed by atoms with Crippen LogP contribution in [-0.4, -0.2) is 58.6 Å². The number of likely N-dealkylation sites (tertiary alicyclic amines) is 1. The molecule has 1 aromatic carbocycles. The second kappa shape index (κ2) is 12.5. The average Bonchev–Trinajstić information content (AvgIpc) is 3.43. The molecule has 1 aliphatic carbocycles. The number of aliphatic hydroxyl groups excluding tert-OH is 1. The molecule has 1 aliphatic heterocycles. The molecule has 5 atom stereocenters. The van der Waals surface area contributed by atoms with Crippen LogP contribution >= 0.6 is 0 Å². The van der Waals surface area contributed by atoms with Gasteiger partial charge in [-0.1, -0.05) is 64.1 Å². The van der Waals surface area contributed by atoms with Gasteiger partial charge in [0.05, 0.1) is 6.10 Å². The van der Waals surface area contributed by atoms with E-state index in [-0.39, 0.29) is 41.7 Å². The molecule has 7 nitrogen and oxygen atoms in total. The predicted octanol–water partition coefficient (Wildman–Crippen LogP) is 4.43. The molecular formula is C31H46N2O5. The highest BCUT2D eigenvalue weighted by atomic mass is 16.5. The number of carbonyl (C=O) groups is 3. The van der Waals surface area contributed by atoms with Crippen molar-refractivity contribution in [1.29, 1.82) is 0 Å². The summed E-state index contributed by atoms with van der Waals surface area (Å²) in [6.07, 6.45) is 4.68. The zero-order chi connectivity index (χ0) is 28.1. The van der Waals surface area contributed by atoms with Crippen molar-refractivity contribution in [1.82, 2.24) is 10.2 Å². The fraction of sp³-hybridized carbons (Fsp3) is 0.645. The molecule has 1 heterocycles. The third-order valence-electron chi connectivity index (χ3n) is 9.22. The number of nitrogens with one attached hydrogen (secondary N) is 1. The van der Waals surface area contributed by atoms with Crippen LogP contribution < -0.4 is 5.32 Å². The molecule has 0 radical (unpaired) electrons. The second-order valence-corrected chi connectivity index (χ2v) is 12.3. The maximum atomic E-state index is 13.5. The molecule has 38 heavy (non-hydrogen) atoms. The van der Waals surface area contributed by atoms with Crippen molar-refractivity contribution in [2.75, 3.05) is 6.54 Å². The van der Waals surface area contributed by atoms with Crippen LogP contribution in [0.4, 0.5) is 0 Å². The van der Waals surface area contributed by atoms with Gasteiger partial charge in [0.2, 0.25) is 11.8 Å². The fourth-order valence-corrected chi connectivity index (χ4v) is 5.97. The molecule has 0 spiro atoms. The van der Waals surface area contributed by atoms with E-state index in [0.717, 1.165) is 24.8 Å². The maximum absolute atomic E-state index is 13.5. The number of nitrogens with zero attached hydrogens (tertiary/aromatic N) is 1. The van der Waals surface area contributed by atoms with Crippen molar-refractivity contribution in [2.24, 2.45) is 16.7 Å². The molecule has 0 aromatic heterocycles. The Labute approximate surface area is 228 Å². The Bertz CT molecular complexity index is 989. The normalized spacial score (nSPS) is 24.3. The minimum atomic E-state index is -1.29. The Morgan fingerprint density at radius 3 is 2.47 bits per heavy atom. The van der Waals surface area contributed by atoms with E-state index < -0.39 is 24.1 Å². The number of ether oxygens (including phenoxy) is 1. The number of hydrogen-bond acceptors (Lipinski definition) is 5. The van der Waals surface area contributed by atoms with Crippen LogP contribution in [0.25, 0.3) is 0 Å². The summed E-state index contributed by atoms with van der Waals surface area (Å²) in [5.74, 6) is -0.888. The summed E-state index contributed by atoms with van der Waals surface area (Å²) >= 11 is 0. The summed E-state index contributed by atoms with van der Waals surface area (Å²) in [4.78, 5) is 40.9.